The number of aromatic carboxylic acids is 1. The van der Waals surface area contributed by atoms with Gasteiger partial charge in [0.1, 0.15) is 5.60 Å². The molecule has 0 saturated carbocycles. The van der Waals surface area contributed by atoms with Gasteiger partial charge in [0.05, 0.1) is 11.1 Å². The second kappa shape index (κ2) is 6.16. The maximum absolute atomic E-state index is 12.0. The average molecular weight is 293 g/mol. The molecule has 5 nitrogen and oxygen atoms in total. The fraction of sp³-hybridized carbons (Fsp3) is 0.500. The van der Waals surface area contributed by atoms with Gasteiger partial charge in [-0.1, -0.05) is 19.1 Å². The molecule has 0 aliphatic heterocycles. The molecule has 1 aromatic carbocycles. The van der Waals surface area contributed by atoms with Gasteiger partial charge in [0.2, 0.25) is 0 Å². The molecular weight excluding hydrogens is 270 g/mol. The van der Waals surface area contributed by atoms with Crippen LogP contribution in [-0.2, 0) is 10.3 Å². The molecule has 0 bridgehead atoms. The van der Waals surface area contributed by atoms with Crippen LogP contribution >= 0.6 is 0 Å². The van der Waals surface area contributed by atoms with Crippen molar-refractivity contribution in [2.24, 2.45) is 0 Å². The molecule has 0 heterocycles. The summed E-state index contributed by atoms with van der Waals surface area (Å²) >= 11 is 0. The number of ether oxygens (including phenoxy) is 1. The van der Waals surface area contributed by atoms with Gasteiger partial charge in [0, 0.05) is 0 Å². The minimum atomic E-state index is -0.972. The first-order valence-corrected chi connectivity index (χ1v) is 6.92. The van der Waals surface area contributed by atoms with Crippen molar-refractivity contribution in [2.75, 3.05) is 0 Å². The summed E-state index contributed by atoms with van der Waals surface area (Å²) in [7, 11) is 0. The summed E-state index contributed by atoms with van der Waals surface area (Å²) in [4.78, 5) is 22.8. The second-order valence-corrected chi connectivity index (χ2v) is 6.20. The third-order valence-electron chi connectivity index (χ3n) is 3.25. The standard InChI is InChI=1S/C16H23NO4/c1-6-16(5,17-14(20)21-15(2,3)4)12-9-7-11(8-10-12)13(18)19/h7-10H,6H2,1-5H3,(H,17,20)(H,18,19). The van der Waals surface area contributed by atoms with Gasteiger partial charge >= 0.3 is 12.1 Å². The third kappa shape index (κ3) is 4.77. The number of hydrogen-bond acceptors (Lipinski definition) is 3. The molecular formula is C16H23NO4. The van der Waals surface area contributed by atoms with Gasteiger partial charge in [-0.2, -0.15) is 0 Å². The first-order valence-electron chi connectivity index (χ1n) is 6.92. The minimum Gasteiger partial charge on any atom is -0.478 e. The number of carbonyl (C=O) groups excluding carboxylic acids is 1. The highest BCUT2D eigenvalue weighted by Gasteiger charge is 2.29. The van der Waals surface area contributed by atoms with Gasteiger partial charge in [0.15, 0.2) is 0 Å². The Morgan fingerprint density at radius 3 is 2.05 bits per heavy atom. The Morgan fingerprint density at radius 1 is 1.14 bits per heavy atom. The van der Waals surface area contributed by atoms with Crippen molar-refractivity contribution < 1.29 is 19.4 Å². The predicted molar refractivity (Wildman–Crippen MR) is 80.4 cm³/mol. The molecule has 1 aromatic rings. The molecule has 1 atom stereocenters. The number of rotatable bonds is 4. The number of hydrogen-bond donors (Lipinski definition) is 2. The zero-order valence-corrected chi connectivity index (χ0v) is 13.2. The molecule has 1 rings (SSSR count). The van der Waals surface area contributed by atoms with Crippen LogP contribution in [0.4, 0.5) is 4.79 Å². The van der Waals surface area contributed by atoms with Crippen molar-refractivity contribution >= 4 is 12.1 Å². The third-order valence-corrected chi connectivity index (χ3v) is 3.25. The van der Waals surface area contributed by atoms with Gasteiger partial charge in [-0.3, -0.25) is 0 Å². The summed E-state index contributed by atoms with van der Waals surface area (Å²) in [5.41, 5.74) is -0.124. The Hall–Kier alpha value is -2.04. The molecule has 0 aromatic heterocycles. The molecule has 21 heavy (non-hydrogen) atoms. The second-order valence-electron chi connectivity index (χ2n) is 6.20. The molecule has 0 aliphatic rings. The molecule has 116 valence electrons. The molecule has 0 fully saturated rings. The Balaban J connectivity index is 2.93. The topological polar surface area (TPSA) is 75.6 Å². The molecule has 0 saturated heterocycles. The van der Waals surface area contributed by atoms with Crippen molar-refractivity contribution in [3.63, 3.8) is 0 Å². The number of carbonyl (C=O) groups is 2. The lowest BCUT2D eigenvalue weighted by Gasteiger charge is -2.31. The summed E-state index contributed by atoms with van der Waals surface area (Å²) in [6, 6.07) is 6.49. The van der Waals surface area contributed by atoms with Crippen molar-refractivity contribution in [1.29, 1.82) is 0 Å². The number of amides is 1. The van der Waals surface area contributed by atoms with Gasteiger partial charge in [-0.05, 0) is 51.8 Å². The van der Waals surface area contributed by atoms with Crippen LogP contribution in [0.5, 0.6) is 0 Å². The molecule has 0 aliphatic carbocycles. The lowest BCUT2D eigenvalue weighted by Crippen LogP contribution is -2.45. The molecule has 5 heteroatoms. The number of alkyl carbamates (subject to hydrolysis) is 1. The van der Waals surface area contributed by atoms with Crippen molar-refractivity contribution in [3.05, 3.63) is 35.4 Å². The summed E-state index contributed by atoms with van der Waals surface area (Å²) in [5.74, 6) is -0.972. The van der Waals surface area contributed by atoms with E-state index in [4.69, 9.17) is 9.84 Å². The summed E-state index contributed by atoms with van der Waals surface area (Å²) in [6.45, 7) is 9.24. The van der Waals surface area contributed by atoms with E-state index in [-0.39, 0.29) is 5.56 Å². The zero-order chi connectivity index (χ0) is 16.3. The van der Waals surface area contributed by atoms with E-state index in [2.05, 4.69) is 5.32 Å². The van der Waals surface area contributed by atoms with Gasteiger partial charge in [-0.25, -0.2) is 9.59 Å². The normalized spacial score (nSPS) is 14.1. The van der Waals surface area contributed by atoms with E-state index in [9.17, 15) is 9.59 Å². The Kier molecular flexibility index (Phi) is 4.99. The first kappa shape index (κ1) is 17.0. The average Bonchev–Trinajstić information content (AvgIpc) is 2.36. The fourth-order valence-electron chi connectivity index (χ4n) is 1.87. The Labute approximate surface area is 125 Å². The SMILES string of the molecule is CCC(C)(NC(=O)OC(C)(C)C)c1ccc(C(=O)O)cc1. The number of nitrogens with one attached hydrogen (secondary N) is 1. The first-order chi connectivity index (χ1) is 9.57. The maximum atomic E-state index is 12.0. The van der Waals surface area contributed by atoms with Crippen LogP contribution in [0.1, 0.15) is 57.0 Å². The van der Waals surface area contributed by atoms with Crippen LogP contribution in [0.3, 0.4) is 0 Å². The summed E-state index contributed by atoms with van der Waals surface area (Å²) in [5, 5.41) is 11.8. The van der Waals surface area contributed by atoms with Gasteiger partial charge < -0.3 is 15.2 Å². The molecule has 0 radical (unpaired) electrons. The van der Waals surface area contributed by atoms with Crippen molar-refractivity contribution in [3.8, 4) is 0 Å². The van der Waals surface area contributed by atoms with E-state index >= 15 is 0 Å². The largest absolute Gasteiger partial charge is 0.478 e. The molecule has 0 spiro atoms. The maximum Gasteiger partial charge on any atom is 0.408 e. The van der Waals surface area contributed by atoms with E-state index in [1.807, 2.05) is 13.8 Å². The van der Waals surface area contributed by atoms with Crippen LogP contribution < -0.4 is 5.32 Å². The van der Waals surface area contributed by atoms with E-state index in [1.54, 1.807) is 32.9 Å². The smallest absolute Gasteiger partial charge is 0.408 e. The van der Waals surface area contributed by atoms with E-state index in [0.717, 1.165) is 5.56 Å². The molecule has 1 unspecified atom stereocenters. The lowest BCUT2D eigenvalue weighted by molar-refractivity contribution is 0.0457. The fourth-order valence-corrected chi connectivity index (χ4v) is 1.87. The molecule has 1 amide bonds. The van der Waals surface area contributed by atoms with Gasteiger partial charge in [-0.15, -0.1) is 0 Å². The van der Waals surface area contributed by atoms with Crippen LogP contribution in [0.15, 0.2) is 24.3 Å². The predicted octanol–water partition coefficient (Wildman–Crippen LogP) is 3.53. The highest BCUT2D eigenvalue weighted by Crippen LogP contribution is 2.25. The van der Waals surface area contributed by atoms with Crippen LogP contribution in [-0.4, -0.2) is 22.8 Å². The van der Waals surface area contributed by atoms with Gasteiger partial charge in [0.25, 0.3) is 0 Å². The van der Waals surface area contributed by atoms with Crippen molar-refractivity contribution in [2.45, 2.75) is 52.2 Å². The van der Waals surface area contributed by atoms with Crippen LogP contribution in [0.2, 0.25) is 0 Å². The highest BCUT2D eigenvalue weighted by molar-refractivity contribution is 5.87. The summed E-state index contributed by atoms with van der Waals surface area (Å²) < 4.78 is 5.27. The van der Waals surface area contributed by atoms with Crippen molar-refractivity contribution in [1.82, 2.24) is 5.32 Å². The van der Waals surface area contributed by atoms with Crippen LogP contribution in [0, 0.1) is 0 Å². The van der Waals surface area contributed by atoms with E-state index < -0.39 is 23.2 Å². The zero-order valence-electron chi connectivity index (χ0n) is 13.2. The number of carboxylic acids is 1. The van der Waals surface area contributed by atoms with Crippen LogP contribution in [0.25, 0.3) is 0 Å². The minimum absolute atomic E-state index is 0.217. The highest BCUT2D eigenvalue weighted by atomic mass is 16.6. The monoisotopic (exact) mass is 293 g/mol. The quantitative estimate of drug-likeness (QED) is 0.890. The lowest BCUT2D eigenvalue weighted by atomic mass is 9.89. The van der Waals surface area contributed by atoms with E-state index in [1.165, 1.54) is 12.1 Å². The number of carboxylic acid groups (broad SMARTS) is 1. The summed E-state index contributed by atoms with van der Waals surface area (Å²) in [6.07, 6.45) is 0.160. The molecule has 2 N–H and O–H groups in total. The Bertz CT molecular complexity index is 516. The van der Waals surface area contributed by atoms with E-state index in [0.29, 0.717) is 6.42 Å². The number of benzene rings is 1. The Morgan fingerprint density at radius 2 is 1.67 bits per heavy atom.